The Bertz CT molecular complexity index is 2020. The Balaban J connectivity index is 1.49. The van der Waals surface area contributed by atoms with Crippen LogP contribution in [0.15, 0.2) is 63.9 Å². The number of aromatic nitrogens is 2. The highest BCUT2D eigenvalue weighted by Crippen LogP contribution is 2.37. The molecule has 2 aromatic carbocycles. The summed E-state index contributed by atoms with van der Waals surface area (Å²) in [7, 11) is 0. The van der Waals surface area contributed by atoms with Crippen LogP contribution >= 0.6 is 34.7 Å². The first-order valence-corrected chi connectivity index (χ1v) is 18.6. The zero-order valence-electron chi connectivity index (χ0n) is 29.0. The van der Waals surface area contributed by atoms with Gasteiger partial charge in [0.15, 0.2) is 5.96 Å². The average molecular weight is 775 g/mol. The van der Waals surface area contributed by atoms with Gasteiger partial charge in [0.25, 0.3) is 0 Å². The fourth-order valence-electron chi connectivity index (χ4n) is 5.43. The van der Waals surface area contributed by atoms with Gasteiger partial charge in [-0.1, -0.05) is 61.5 Å². The molecule has 14 nitrogen and oxygen atoms in total. The first-order valence-electron chi connectivity index (χ1n) is 16.4. The molecule has 2 atom stereocenters. The summed E-state index contributed by atoms with van der Waals surface area (Å²) in [5.41, 5.74) is 26.0. The maximum Gasteiger partial charge on any atom is 0.326 e. The number of thiazole rings is 1. The molecule has 0 spiro atoms. The van der Waals surface area contributed by atoms with Crippen LogP contribution in [0.4, 0.5) is 5.82 Å². The lowest BCUT2D eigenvalue weighted by molar-refractivity contribution is -0.153. The number of ether oxygens (including phenoxy) is 1. The number of nitrogens with two attached hydrogens (primary N) is 4. The molecule has 17 heteroatoms. The number of aliphatic carboxylic acids is 1. The molecular weight excluding hydrogens is 736 g/mol. The number of carboxylic acids is 1. The van der Waals surface area contributed by atoms with E-state index in [4.69, 9.17) is 44.3 Å². The number of amides is 1. The number of aliphatic imine (C=N–C) groups is 1. The van der Waals surface area contributed by atoms with Crippen molar-refractivity contribution in [2.24, 2.45) is 28.1 Å². The van der Waals surface area contributed by atoms with Crippen molar-refractivity contribution in [3.05, 3.63) is 75.8 Å². The van der Waals surface area contributed by atoms with Crippen LogP contribution in [-0.4, -0.2) is 69.6 Å². The van der Waals surface area contributed by atoms with Gasteiger partial charge in [-0.15, -0.1) is 11.3 Å². The zero-order chi connectivity index (χ0) is 38.7. The van der Waals surface area contributed by atoms with Crippen molar-refractivity contribution in [3.63, 3.8) is 0 Å². The van der Waals surface area contributed by atoms with E-state index in [0.29, 0.717) is 39.1 Å². The van der Waals surface area contributed by atoms with Crippen molar-refractivity contribution in [1.29, 1.82) is 10.5 Å². The number of carbonyl (C=O) groups excluding carboxylic acids is 1. The van der Waals surface area contributed by atoms with Crippen LogP contribution in [0.5, 0.6) is 5.75 Å². The third-order valence-electron chi connectivity index (χ3n) is 7.95. The summed E-state index contributed by atoms with van der Waals surface area (Å²) in [6.45, 7) is 3.62. The molecule has 276 valence electrons. The van der Waals surface area contributed by atoms with Crippen molar-refractivity contribution in [1.82, 2.24) is 14.9 Å². The first-order chi connectivity index (χ1) is 25.3. The molecule has 2 aromatic heterocycles. The zero-order valence-corrected chi connectivity index (χ0v) is 31.4. The van der Waals surface area contributed by atoms with Crippen LogP contribution in [0, 0.1) is 28.6 Å². The van der Waals surface area contributed by atoms with Gasteiger partial charge < -0.3 is 37.7 Å². The molecular formula is C36H39ClN10O4S2. The number of nitrogens with zero attached hydrogens (tertiary/aromatic N) is 6. The minimum atomic E-state index is -1.16. The molecule has 0 fully saturated rings. The monoisotopic (exact) mass is 774 g/mol. The number of carboxylic acid groups (broad SMARTS) is 1. The number of hydrogen-bond donors (Lipinski definition) is 5. The molecule has 0 saturated carbocycles. The molecule has 53 heavy (non-hydrogen) atoms. The number of anilines is 1. The normalized spacial score (nSPS) is 12.0. The van der Waals surface area contributed by atoms with E-state index >= 15 is 0 Å². The second-order valence-electron chi connectivity index (χ2n) is 12.1. The van der Waals surface area contributed by atoms with Crippen molar-refractivity contribution >= 4 is 58.4 Å². The Kier molecular flexibility index (Phi) is 14.4. The number of thioether (sulfide) groups is 1. The molecule has 0 aliphatic carbocycles. The SMILES string of the molecule is CC(C)[C@H](C(=O)O)N(CCOc1ccc(-c2c(C#N)c(N)nc(SCc3csc(-c4ccc(Cl)cc4)n3)c2C#N)cc1)C(=O)[C@@H](N)CCCN=C(N)N. The van der Waals surface area contributed by atoms with Gasteiger partial charge in [0, 0.05) is 33.8 Å². The van der Waals surface area contributed by atoms with Gasteiger partial charge in [-0.3, -0.25) is 9.79 Å². The fraction of sp³-hybridized carbons (Fsp3) is 0.306. The smallest absolute Gasteiger partial charge is 0.326 e. The number of halogens is 1. The van der Waals surface area contributed by atoms with Crippen LogP contribution in [0.1, 0.15) is 43.5 Å². The molecule has 2 heterocycles. The molecule has 0 radical (unpaired) electrons. The van der Waals surface area contributed by atoms with Crippen LogP contribution < -0.4 is 27.7 Å². The van der Waals surface area contributed by atoms with Crippen molar-refractivity contribution < 1.29 is 19.4 Å². The topological polar surface area (TPSA) is 257 Å². The van der Waals surface area contributed by atoms with E-state index in [2.05, 4.69) is 22.1 Å². The van der Waals surface area contributed by atoms with Gasteiger partial charge in [-0.2, -0.15) is 10.5 Å². The number of rotatable bonds is 17. The summed E-state index contributed by atoms with van der Waals surface area (Å²) in [5.74, 6) is -1.35. The number of guanidine groups is 1. The summed E-state index contributed by atoms with van der Waals surface area (Å²) in [5, 5.41) is 34.0. The number of carbonyl (C=O) groups is 2. The van der Waals surface area contributed by atoms with Crippen LogP contribution in [0.25, 0.3) is 21.7 Å². The lowest BCUT2D eigenvalue weighted by atomic mass is 9.97. The highest BCUT2D eigenvalue weighted by molar-refractivity contribution is 7.98. The second-order valence-corrected chi connectivity index (χ2v) is 14.3. The van der Waals surface area contributed by atoms with Crippen molar-refractivity contribution in [2.45, 2.75) is 49.6 Å². The average Bonchev–Trinajstić information content (AvgIpc) is 3.60. The summed E-state index contributed by atoms with van der Waals surface area (Å²) in [4.78, 5) is 39.8. The number of pyridine rings is 1. The largest absolute Gasteiger partial charge is 0.492 e. The van der Waals surface area contributed by atoms with Crippen LogP contribution in [0.3, 0.4) is 0 Å². The quantitative estimate of drug-likeness (QED) is 0.0417. The van der Waals surface area contributed by atoms with Gasteiger partial charge in [-0.25, -0.2) is 14.8 Å². The summed E-state index contributed by atoms with van der Waals surface area (Å²) in [6, 6.07) is 16.2. The predicted molar refractivity (Wildman–Crippen MR) is 207 cm³/mol. The Morgan fingerprint density at radius 2 is 1.72 bits per heavy atom. The molecule has 0 aliphatic heterocycles. The third-order valence-corrected chi connectivity index (χ3v) is 10.1. The third kappa shape index (κ3) is 10.6. The van der Waals surface area contributed by atoms with E-state index in [1.54, 1.807) is 50.2 Å². The molecule has 4 aromatic rings. The number of benzene rings is 2. The van der Waals surface area contributed by atoms with Gasteiger partial charge in [0.05, 0.1) is 23.8 Å². The highest BCUT2D eigenvalue weighted by Gasteiger charge is 2.34. The molecule has 0 aliphatic rings. The number of hydrogen-bond acceptors (Lipinski definition) is 12. The van der Waals surface area contributed by atoms with E-state index in [1.165, 1.54) is 28.0 Å². The molecule has 0 saturated heterocycles. The van der Waals surface area contributed by atoms with Crippen LogP contribution in [0.2, 0.25) is 5.02 Å². The summed E-state index contributed by atoms with van der Waals surface area (Å²) in [6.07, 6.45) is 0.688. The standard InChI is InChI=1S/C36H39ClN10O4S2/c1-20(2)30(35(49)50)47(34(48)28(40)4-3-13-44-36(42)43)14-15-51-25-11-7-21(8-12-25)29-26(16-38)31(41)46-33(27(29)17-39)53-19-24-18-52-32(45-24)22-5-9-23(37)10-6-22/h5-12,18,20,28,30H,3-4,13-15,19,40H2,1-2H3,(H2,41,46)(H,49,50)(H4,42,43,44)/t28-,30+/m0/s1. The Hall–Kier alpha value is -5.39. The Morgan fingerprint density at radius 1 is 1.06 bits per heavy atom. The summed E-state index contributed by atoms with van der Waals surface area (Å²) >= 11 is 8.79. The molecule has 9 N–H and O–H groups in total. The van der Waals surface area contributed by atoms with Crippen LogP contribution in [-0.2, 0) is 15.3 Å². The second kappa shape index (κ2) is 18.9. The maximum absolute atomic E-state index is 13.4. The number of nitriles is 2. The van der Waals surface area contributed by atoms with Gasteiger partial charge >= 0.3 is 5.97 Å². The van der Waals surface area contributed by atoms with Crippen molar-refractivity contribution in [2.75, 3.05) is 25.4 Å². The van der Waals surface area contributed by atoms with Gasteiger partial charge in [-0.05, 0) is 48.6 Å². The van der Waals surface area contributed by atoms with Gasteiger partial charge in [0.1, 0.15) is 52.0 Å². The first kappa shape index (κ1) is 40.4. The van der Waals surface area contributed by atoms with E-state index < -0.39 is 29.9 Å². The van der Waals surface area contributed by atoms with E-state index in [1.807, 2.05) is 17.5 Å². The number of nitrogen functional groups attached to an aromatic ring is 1. The molecule has 0 unspecified atom stereocenters. The maximum atomic E-state index is 13.4. The van der Waals surface area contributed by atoms with Crippen molar-refractivity contribution in [3.8, 4) is 39.6 Å². The highest BCUT2D eigenvalue weighted by atomic mass is 35.5. The lowest BCUT2D eigenvalue weighted by Gasteiger charge is -2.33. The van der Waals surface area contributed by atoms with Gasteiger partial charge in [0.2, 0.25) is 5.91 Å². The predicted octanol–water partition coefficient (Wildman–Crippen LogP) is 4.84. The van der Waals surface area contributed by atoms with E-state index in [9.17, 15) is 25.2 Å². The molecule has 0 bridgehead atoms. The summed E-state index contributed by atoms with van der Waals surface area (Å²) < 4.78 is 5.92. The lowest BCUT2D eigenvalue weighted by Crippen LogP contribution is -2.54. The minimum absolute atomic E-state index is 0.0122. The molecule has 1 amide bonds. The van der Waals surface area contributed by atoms with E-state index in [-0.39, 0.29) is 49.0 Å². The Morgan fingerprint density at radius 3 is 2.32 bits per heavy atom. The fourth-order valence-corrected chi connectivity index (χ4v) is 7.38. The molecule has 4 rings (SSSR count). The Labute approximate surface area is 320 Å². The minimum Gasteiger partial charge on any atom is -0.492 e. The van der Waals surface area contributed by atoms with E-state index in [0.717, 1.165) is 16.3 Å².